The van der Waals surface area contributed by atoms with Crippen LogP contribution in [0.15, 0.2) is 36.4 Å². The second kappa shape index (κ2) is 16.9. The van der Waals surface area contributed by atoms with E-state index in [1.165, 1.54) is 41.4 Å². The average Bonchev–Trinajstić information content (AvgIpc) is 2.88. The summed E-state index contributed by atoms with van der Waals surface area (Å²) < 4.78 is 24.1. The van der Waals surface area contributed by atoms with Crippen LogP contribution in [0.5, 0.6) is 23.0 Å². The number of carbonyl (C=O) groups excluding carboxylic acids is 4. The zero-order valence-corrected chi connectivity index (χ0v) is 21.9. The summed E-state index contributed by atoms with van der Waals surface area (Å²) in [5.41, 5.74) is 0.560. The fourth-order valence-electron chi connectivity index (χ4n) is 2.26. The summed E-state index contributed by atoms with van der Waals surface area (Å²) in [6.07, 6.45) is 0.412. The van der Waals surface area contributed by atoms with Crippen LogP contribution >= 0.6 is 15.9 Å². The van der Waals surface area contributed by atoms with Gasteiger partial charge in [0.05, 0.1) is 39.6 Å². The molecule has 2 atom stereocenters. The van der Waals surface area contributed by atoms with E-state index >= 15 is 0 Å². The second-order valence-electron chi connectivity index (χ2n) is 6.43. The molecule has 0 saturated heterocycles. The molecule has 0 amide bonds. The Morgan fingerprint density at radius 2 is 1.31 bits per heavy atom. The van der Waals surface area contributed by atoms with Crippen molar-refractivity contribution in [1.82, 2.24) is 0 Å². The number of ether oxygens (including phenoxy) is 5. The van der Waals surface area contributed by atoms with E-state index in [9.17, 15) is 24.3 Å². The van der Waals surface area contributed by atoms with Gasteiger partial charge in [0.15, 0.2) is 41.7 Å². The quantitative estimate of drug-likeness (QED) is 0.291. The Morgan fingerprint density at radius 3 is 1.71 bits per heavy atom. The van der Waals surface area contributed by atoms with E-state index in [1.807, 2.05) is 0 Å². The lowest BCUT2D eigenvalue weighted by molar-refractivity contribution is -0.148. The number of carbonyl (C=O) groups is 4. The molecule has 0 fully saturated rings. The molecule has 0 aromatic heterocycles. The van der Waals surface area contributed by atoms with Crippen LogP contribution in [0.4, 0.5) is 0 Å². The van der Waals surface area contributed by atoms with E-state index in [0.717, 1.165) is 0 Å². The van der Waals surface area contributed by atoms with Crippen molar-refractivity contribution in [2.75, 3.05) is 28.4 Å². The number of methoxy groups -OCH3 is 4. The van der Waals surface area contributed by atoms with Crippen molar-refractivity contribution in [2.45, 2.75) is 24.8 Å². The van der Waals surface area contributed by atoms with Gasteiger partial charge < -0.3 is 28.8 Å². The maximum absolute atomic E-state index is 11.2. The van der Waals surface area contributed by atoms with Gasteiger partial charge in [0, 0.05) is 0 Å². The number of aromatic hydroxyl groups is 1. The lowest BCUT2D eigenvalue weighted by Gasteiger charge is -2.16. The van der Waals surface area contributed by atoms with Crippen LogP contribution in [0.25, 0.3) is 0 Å². The molecule has 0 aliphatic heterocycles. The van der Waals surface area contributed by atoms with Gasteiger partial charge in [-0.2, -0.15) is 0 Å². The molecular formula is C24H29BrO10. The van der Waals surface area contributed by atoms with Gasteiger partial charge in [-0.05, 0) is 38.1 Å². The minimum atomic E-state index is -0.810. The van der Waals surface area contributed by atoms with E-state index in [0.29, 0.717) is 29.6 Å². The number of para-hydroxylation sites is 2. The SMILES string of the molecule is COC(=O)C(C)Br.COC(=O)C(C)Oc1c(C=O)cccc1OC.COc1cccc(C=O)c1O. The van der Waals surface area contributed by atoms with Crippen LogP contribution in [0.2, 0.25) is 0 Å². The predicted molar refractivity (Wildman–Crippen MR) is 131 cm³/mol. The first-order chi connectivity index (χ1) is 16.6. The van der Waals surface area contributed by atoms with Crippen LogP contribution in [-0.2, 0) is 19.1 Å². The Kier molecular flexibility index (Phi) is 15.2. The first-order valence-electron chi connectivity index (χ1n) is 10.0. The van der Waals surface area contributed by atoms with Crippen molar-refractivity contribution in [2.24, 2.45) is 0 Å². The van der Waals surface area contributed by atoms with Crippen LogP contribution < -0.4 is 14.2 Å². The summed E-state index contributed by atoms with van der Waals surface area (Å²) in [6.45, 7) is 3.25. The highest BCUT2D eigenvalue weighted by atomic mass is 79.9. The van der Waals surface area contributed by atoms with Gasteiger partial charge in [0.1, 0.15) is 4.83 Å². The number of rotatable bonds is 8. The summed E-state index contributed by atoms with van der Waals surface area (Å²) in [6, 6.07) is 9.63. The van der Waals surface area contributed by atoms with Gasteiger partial charge in [-0.3, -0.25) is 14.4 Å². The Morgan fingerprint density at radius 1 is 0.829 bits per heavy atom. The van der Waals surface area contributed by atoms with E-state index in [-0.39, 0.29) is 27.9 Å². The Labute approximate surface area is 212 Å². The third kappa shape index (κ3) is 10.5. The maximum atomic E-state index is 11.2. The Bertz CT molecular complexity index is 975. The van der Waals surface area contributed by atoms with Gasteiger partial charge in [-0.15, -0.1) is 0 Å². The Balaban J connectivity index is 0.000000550. The molecule has 0 bridgehead atoms. The second-order valence-corrected chi connectivity index (χ2v) is 7.81. The smallest absolute Gasteiger partial charge is 0.346 e. The van der Waals surface area contributed by atoms with Crippen LogP contribution in [-0.4, -0.2) is 69.0 Å². The molecule has 2 rings (SSSR count). The summed E-state index contributed by atoms with van der Waals surface area (Å²) in [5.74, 6) is 0.0839. The molecule has 0 aliphatic carbocycles. The normalized spacial score (nSPS) is 11.1. The monoisotopic (exact) mass is 556 g/mol. The van der Waals surface area contributed by atoms with E-state index < -0.39 is 12.1 Å². The zero-order valence-electron chi connectivity index (χ0n) is 20.3. The lowest BCUT2D eigenvalue weighted by atomic mass is 10.2. The lowest BCUT2D eigenvalue weighted by Crippen LogP contribution is -2.25. The molecule has 35 heavy (non-hydrogen) atoms. The number of hydrogen-bond donors (Lipinski definition) is 1. The van der Waals surface area contributed by atoms with Crippen LogP contribution in [0.3, 0.4) is 0 Å². The van der Waals surface area contributed by atoms with Gasteiger partial charge in [-0.1, -0.05) is 28.1 Å². The highest BCUT2D eigenvalue weighted by Crippen LogP contribution is 2.31. The van der Waals surface area contributed by atoms with Gasteiger partial charge >= 0.3 is 11.9 Å². The fourth-order valence-corrected chi connectivity index (χ4v) is 2.45. The molecule has 0 saturated carbocycles. The molecule has 0 aliphatic rings. The third-order valence-electron chi connectivity index (χ3n) is 4.09. The molecule has 1 N–H and O–H groups in total. The first-order valence-corrected chi connectivity index (χ1v) is 10.9. The topological polar surface area (TPSA) is 135 Å². The summed E-state index contributed by atoms with van der Waals surface area (Å²) in [4.78, 5) is 42.4. The van der Waals surface area contributed by atoms with Crippen LogP contribution in [0, 0.1) is 0 Å². The molecule has 0 spiro atoms. The highest BCUT2D eigenvalue weighted by Gasteiger charge is 2.19. The molecule has 10 nitrogen and oxygen atoms in total. The number of phenols is 1. The largest absolute Gasteiger partial charge is 0.504 e. The van der Waals surface area contributed by atoms with Crippen LogP contribution in [0.1, 0.15) is 34.6 Å². The molecular weight excluding hydrogens is 528 g/mol. The van der Waals surface area contributed by atoms with Crippen molar-refractivity contribution < 1.29 is 48.0 Å². The van der Waals surface area contributed by atoms with Crippen molar-refractivity contribution in [3.05, 3.63) is 47.5 Å². The minimum absolute atomic E-state index is 0.106. The summed E-state index contributed by atoms with van der Waals surface area (Å²) in [7, 11) is 5.52. The predicted octanol–water partition coefficient (Wildman–Crippen LogP) is 3.60. The molecule has 0 radical (unpaired) electrons. The van der Waals surface area contributed by atoms with Crippen molar-refractivity contribution >= 4 is 40.4 Å². The number of esters is 2. The molecule has 11 heteroatoms. The molecule has 192 valence electrons. The third-order valence-corrected chi connectivity index (χ3v) is 4.46. The van der Waals surface area contributed by atoms with Gasteiger partial charge in [0.25, 0.3) is 0 Å². The number of halogens is 1. The van der Waals surface area contributed by atoms with Gasteiger partial charge in [-0.25, -0.2) is 4.79 Å². The number of hydrogen-bond acceptors (Lipinski definition) is 10. The molecule has 0 heterocycles. The summed E-state index contributed by atoms with van der Waals surface area (Å²) in [5, 5.41) is 9.23. The van der Waals surface area contributed by atoms with Gasteiger partial charge in [0.2, 0.25) is 0 Å². The Hall–Kier alpha value is -3.60. The number of benzene rings is 2. The maximum Gasteiger partial charge on any atom is 0.346 e. The van der Waals surface area contributed by atoms with Crippen molar-refractivity contribution in [1.29, 1.82) is 0 Å². The first kappa shape index (κ1) is 31.4. The van der Waals surface area contributed by atoms with E-state index in [1.54, 1.807) is 37.3 Å². The van der Waals surface area contributed by atoms with E-state index in [2.05, 4.69) is 25.4 Å². The van der Waals surface area contributed by atoms with Crippen molar-refractivity contribution in [3.63, 3.8) is 0 Å². The number of phenolic OH excluding ortho intramolecular Hbond substituents is 1. The molecule has 2 aromatic rings. The minimum Gasteiger partial charge on any atom is -0.504 e. The van der Waals surface area contributed by atoms with E-state index in [4.69, 9.17) is 14.2 Å². The number of alkyl halides is 1. The fraction of sp³-hybridized carbons (Fsp3) is 0.333. The molecule has 2 unspecified atom stereocenters. The molecule has 2 aromatic carbocycles. The zero-order chi connectivity index (χ0) is 27.0. The summed E-state index contributed by atoms with van der Waals surface area (Å²) >= 11 is 3.03. The standard InChI is InChI=1S/C12H14O5.C8H8O3.C4H7BrO2/c1-8(12(14)16-3)17-11-9(7-13)5-4-6-10(11)15-2;1-11-7-4-2-3-6(5-9)8(7)10;1-3(5)4(6)7-2/h4-8H,1-3H3;2-5,10H,1H3;3H,1-2H3. The number of aldehydes is 2. The van der Waals surface area contributed by atoms with Crippen molar-refractivity contribution in [3.8, 4) is 23.0 Å². The highest BCUT2D eigenvalue weighted by molar-refractivity contribution is 9.10. The average molecular weight is 557 g/mol.